The number of likely N-dealkylation sites (N-methyl/N-ethyl adjacent to an activating group) is 1. The average Bonchev–Trinajstić information content (AvgIpc) is 3.14. The number of piperazine rings is 1. The lowest BCUT2D eigenvalue weighted by Crippen LogP contribution is -2.44. The first-order chi connectivity index (χ1) is 13.2. The van der Waals surface area contributed by atoms with Crippen molar-refractivity contribution in [2.24, 2.45) is 4.99 Å². The van der Waals surface area contributed by atoms with Gasteiger partial charge in [-0.15, -0.1) is 0 Å². The Hall–Kier alpha value is -2.60. The standard InChI is InChI=1S/C21H28N6/c1-22-21(27-10-8-18-5-3-4-6-19(18)27)24-16-17-7-9-23-20(15-17)26-13-11-25(2)12-14-26/h3-7,9,15H,8,10-14,16H2,1-2H3,(H,22,24). The van der Waals surface area contributed by atoms with E-state index in [-0.39, 0.29) is 0 Å². The lowest BCUT2D eigenvalue weighted by molar-refractivity contribution is 0.312. The van der Waals surface area contributed by atoms with Gasteiger partial charge in [-0.3, -0.25) is 4.99 Å². The Bertz CT molecular complexity index is 810. The first kappa shape index (κ1) is 17.8. The molecule has 1 aromatic carbocycles. The van der Waals surface area contributed by atoms with Gasteiger partial charge in [-0.2, -0.15) is 0 Å². The van der Waals surface area contributed by atoms with E-state index < -0.39 is 0 Å². The molecule has 1 fully saturated rings. The number of nitrogens with one attached hydrogen (secondary N) is 1. The summed E-state index contributed by atoms with van der Waals surface area (Å²) in [5.74, 6) is 2.00. The molecule has 0 spiro atoms. The van der Waals surface area contributed by atoms with E-state index in [1.54, 1.807) is 0 Å². The quantitative estimate of drug-likeness (QED) is 0.667. The number of guanidine groups is 1. The summed E-state index contributed by atoms with van der Waals surface area (Å²) in [6.45, 7) is 5.96. The monoisotopic (exact) mass is 364 g/mol. The molecular formula is C21H28N6. The Morgan fingerprint density at radius 1 is 1.11 bits per heavy atom. The molecular weight excluding hydrogens is 336 g/mol. The van der Waals surface area contributed by atoms with Gasteiger partial charge in [0.2, 0.25) is 0 Å². The molecule has 6 heteroatoms. The van der Waals surface area contributed by atoms with Gasteiger partial charge in [0.25, 0.3) is 0 Å². The highest BCUT2D eigenvalue weighted by atomic mass is 15.3. The molecule has 27 heavy (non-hydrogen) atoms. The molecule has 3 heterocycles. The lowest BCUT2D eigenvalue weighted by Gasteiger charge is -2.33. The fourth-order valence-electron chi connectivity index (χ4n) is 3.81. The summed E-state index contributed by atoms with van der Waals surface area (Å²) in [5.41, 5.74) is 3.88. The van der Waals surface area contributed by atoms with Gasteiger partial charge < -0.3 is 20.0 Å². The second-order valence-corrected chi connectivity index (χ2v) is 7.24. The van der Waals surface area contributed by atoms with E-state index in [2.05, 4.69) is 73.4 Å². The maximum absolute atomic E-state index is 4.58. The van der Waals surface area contributed by atoms with Crippen molar-refractivity contribution in [1.82, 2.24) is 15.2 Å². The molecule has 2 aliphatic heterocycles. The third kappa shape index (κ3) is 3.90. The number of rotatable bonds is 3. The number of hydrogen-bond donors (Lipinski definition) is 1. The van der Waals surface area contributed by atoms with Gasteiger partial charge in [0.05, 0.1) is 0 Å². The van der Waals surface area contributed by atoms with E-state index in [4.69, 9.17) is 0 Å². The Morgan fingerprint density at radius 3 is 2.74 bits per heavy atom. The molecule has 0 bridgehead atoms. The van der Waals surface area contributed by atoms with Crippen molar-refractivity contribution >= 4 is 17.5 Å². The molecule has 142 valence electrons. The van der Waals surface area contributed by atoms with E-state index in [9.17, 15) is 0 Å². The second-order valence-electron chi connectivity index (χ2n) is 7.24. The molecule has 0 atom stereocenters. The number of nitrogens with zero attached hydrogens (tertiary/aromatic N) is 5. The number of para-hydroxylation sites is 1. The molecule has 1 N–H and O–H groups in total. The summed E-state index contributed by atoms with van der Waals surface area (Å²) in [5, 5.41) is 3.53. The molecule has 2 aromatic rings. The zero-order valence-electron chi connectivity index (χ0n) is 16.2. The summed E-state index contributed by atoms with van der Waals surface area (Å²) in [7, 11) is 4.03. The summed E-state index contributed by atoms with van der Waals surface area (Å²) in [6, 6.07) is 12.9. The van der Waals surface area contributed by atoms with Crippen LogP contribution < -0.4 is 15.1 Å². The number of anilines is 2. The van der Waals surface area contributed by atoms with Crippen molar-refractivity contribution in [3.63, 3.8) is 0 Å². The van der Waals surface area contributed by atoms with Crippen molar-refractivity contribution < 1.29 is 0 Å². The molecule has 2 aliphatic rings. The van der Waals surface area contributed by atoms with Crippen LogP contribution in [-0.4, -0.2) is 62.7 Å². The van der Waals surface area contributed by atoms with Crippen LogP contribution >= 0.6 is 0 Å². The third-order valence-electron chi connectivity index (χ3n) is 5.44. The Balaban J connectivity index is 1.42. The van der Waals surface area contributed by atoms with Crippen LogP contribution in [0.4, 0.5) is 11.5 Å². The highest BCUT2D eigenvalue weighted by Crippen LogP contribution is 2.27. The summed E-state index contributed by atoms with van der Waals surface area (Å²) in [6.07, 6.45) is 2.98. The van der Waals surface area contributed by atoms with E-state index in [0.717, 1.165) is 57.5 Å². The molecule has 0 saturated carbocycles. The largest absolute Gasteiger partial charge is 0.354 e. The van der Waals surface area contributed by atoms with Crippen LogP contribution in [-0.2, 0) is 13.0 Å². The molecule has 6 nitrogen and oxygen atoms in total. The maximum atomic E-state index is 4.58. The van der Waals surface area contributed by atoms with Gasteiger partial charge in [0.15, 0.2) is 5.96 Å². The van der Waals surface area contributed by atoms with Crippen LogP contribution in [0.3, 0.4) is 0 Å². The summed E-state index contributed by atoms with van der Waals surface area (Å²) in [4.78, 5) is 16.1. The van der Waals surface area contributed by atoms with Crippen LogP contribution in [0.2, 0.25) is 0 Å². The average molecular weight is 364 g/mol. The number of pyridine rings is 1. The van der Waals surface area contributed by atoms with Gasteiger partial charge in [0, 0.05) is 58.2 Å². The number of aliphatic imine (C=N–C) groups is 1. The zero-order valence-corrected chi connectivity index (χ0v) is 16.2. The predicted molar refractivity (Wildman–Crippen MR) is 112 cm³/mol. The van der Waals surface area contributed by atoms with Gasteiger partial charge >= 0.3 is 0 Å². The zero-order chi connectivity index (χ0) is 18.6. The molecule has 4 rings (SSSR count). The minimum absolute atomic E-state index is 0.745. The molecule has 0 amide bonds. The summed E-state index contributed by atoms with van der Waals surface area (Å²) < 4.78 is 0. The van der Waals surface area contributed by atoms with Gasteiger partial charge in [-0.05, 0) is 42.8 Å². The molecule has 0 aliphatic carbocycles. The Labute approximate surface area is 161 Å². The summed E-state index contributed by atoms with van der Waals surface area (Å²) >= 11 is 0. The number of aromatic nitrogens is 1. The minimum atomic E-state index is 0.745. The van der Waals surface area contributed by atoms with Crippen LogP contribution in [0.15, 0.2) is 47.6 Å². The van der Waals surface area contributed by atoms with Crippen molar-refractivity contribution in [3.8, 4) is 0 Å². The molecule has 0 unspecified atom stereocenters. The third-order valence-corrected chi connectivity index (χ3v) is 5.44. The van der Waals surface area contributed by atoms with Crippen molar-refractivity contribution in [2.45, 2.75) is 13.0 Å². The number of benzene rings is 1. The lowest BCUT2D eigenvalue weighted by atomic mass is 10.2. The van der Waals surface area contributed by atoms with Gasteiger partial charge in [0.1, 0.15) is 5.82 Å². The fraction of sp³-hybridized carbons (Fsp3) is 0.429. The normalized spacial score (nSPS) is 17.9. The second kappa shape index (κ2) is 7.96. The van der Waals surface area contributed by atoms with Gasteiger partial charge in [-0.25, -0.2) is 4.98 Å². The van der Waals surface area contributed by atoms with E-state index in [1.807, 2.05) is 13.2 Å². The van der Waals surface area contributed by atoms with Gasteiger partial charge in [-0.1, -0.05) is 18.2 Å². The smallest absolute Gasteiger partial charge is 0.198 e. The highest BCUT2D eigenvalue weighted by Gasteiger charge is 2.22. The molecule has 0 radical (unpaired) electrons. The van der Waals surface area contributed by atoms with Crippen molar-refractivity contribution in [3.05, 3.63) is 53.7 Å². The number of hydrogen-bond acceptors (Lipinski definition) is 4. The van der Waals surface area contributed by atoms with Crippen LogP contribution in [0.25, 0.3) is 0 Å². The Morgan fingerprint density at radius 2 is 1.93 bits per heavy atom. The molecule has 1 saturated heterocycles. The topological polar surface area (TPSA) is 47.0 Å². The van der Waals surface area contributed by atoms with Crippen LogP contribution in [0.1, 0.15) is 11.1 Å². The number of fused-ring (bicyclic) bond motifs is 1. The van der Waals surface area contributed by atoms with Crippen molar-refractivity contribution in [1.29, 1.82) is 0 Å². The van der Waals surface area contributed by atoms with Crippen LogP contribution in [0, 0.1) is 0 Å². The SMILES string of the molecule is CN=C(NCc1ccnc(N2CCN(C)CC2)c1)N1CCc2ccccc21. The Kier molecular flexibility index (Phi) is 5.25. The van der Waals surface area contributed by atoms with E-state index >= 15 is 0 Å². The maximum Gasteiger partial charge on any atom is 0.198 e. The minimum Gasteiger partial charge on any atom is -0.354 e. The first-order valence-electron chi connectivity index (χ1n) is 9.69. The fourth-order valence-corrected chi connectivity index (χ4v) is 3.81. The first-order valence-corrected chi connectivity index (χ1v) is 9.69. The molecule has 1 aromatic heterocycles. The van der Waals surface area contributed by atoms with Crippen LogP contribution in [0.5, 0.6) is 0 Å². The van der Waals surface area contributed by atoms with Crippen molar-refractivity contribution in [2.75, 3.05) is 56.6 Å². The predicted octanol–water partition coefficient (Wildman–Crippen LogP) is 1.97. The highest BCUT2D eigenvalue weighted by molar-refractivity contribution is 5.97. The van der Waals surface area contributed by atoms with E-state index in [1.165, 1.54) is 16.8 Å². The van der Waals surface area contributed by atoms with E-state index in [0.29, 0.717) is 0 Å².